The van der Waals surface area contributed by atoms with E-state index in [2.05, 4.69) is 0 Å². The van der Waals surface area contributed by atoms with E-state index in [0.717, 1.165) is 22.0 Å². The lowest BCUT2D eigenvalue weighted by Crippen LogP contribution is -2.37. The number of halogens is 1. The molecule has 2 N–H and O–H groups in total. The van der Waals surface area contributed by atoms with Crippen LogP contribution >= 0.6 is 11.6 Å². The summed E-state index contributed by atoms with van der Waals surface area (Å²) in [5, 5.41) is 11.3. The second kappa shape index (κ2) is 8.39. The average Bonchev–Trinajstić information content (AvgIpc) is 2.59. The molecule has 2 aromatic rings. The molecule has 25 heavy (non-hydrogen) atoms. The number of nitrogens with zero attached hydrogens (tertiary/aromatic N) is 2. The van der Waals surface area contributed by atoms with Crippen molar-refractivity contribution in [1.29, 1.82) is 0 Å². The molecule has 0 bridgehead atoms. The zero-order valence-corrected chi connectivity index (χ0v) is 14.9. The average molecular weight is 384 g/mol. The van der Waals surface area contributed by atoms with Crippen LogP contribution in [0.15, 0.2) is 53.4 Å². The Hall–Kier alpha value is -2.00. The molecule has 0 atom stereocenters. The van der Waals surface area contributed by atoms with Crippen molar-refractivity contribution in [2.75, 3.05) is 19.6 Å². The first-order valence-electron chi connectivity index (χ1n) is 7.54. The lowest BCUT2D eigenvalue weighted by Gasteiger charge is -2.21. The molecule has 0 aliphatic carbocycles. The number of nitro groups is 1. The lowest BCUT2D eigenvalue weighted by atomic mass is 10.1. The highest BCUT2D eigenvalue weighted by Gasteiger charge is 2.31. The molecular formula is C16H18ClN3O4S. The molecule has 0 spiro atoms. The number of benzene rings is 2. The maximum Gasteiger partial charge on any atom is 0.290 e. The molecule has 2 rings (SSSR count). The van der Waals surface area contributed by atoms with Crippen LogP contribution in [0.25, 0.3) is 0 Å². The summed E-state index contributed by atoms with van der Waals surface area (Å²) in [7, 11) is -4.07. The van der Waals surface area contributed by atoms with Crippen LogP contribution in [0.5, 0.6) is 0 Å². The van der Waals surface area contributed by atoms with Gasteiger partial charge in [-0.15, -0.1) is 0 Å². The minimum Gasteiger partial charge on any atom is -0.329 e. The number of sulfonamides is 1. The Kier molecular flexibility index (Phi) is 6.49. The van der Waals surface area contributed by atoms with Gasteiger partial charge in [-0.1, -0.05) is 41.9 Å². The second-order valence-electron chi connectivity index (χ2n) is 5.30. The Balaban J connectivity index is 2.34. The highest BCUT2D eigenvalue weighted by atomic mass is 35.5. The van der Waals surface area contributed by atoms with Crippen molar-refractivity contribution in [1.82, 2.24) is 4.31 Å². The fourth-order valence-corrected chi connectivity index (χ4v) is 4.14. The lowest BCUT2D eigenvalue weighted by molar-refractivity contribution is -0.387. The van der Waals surface area contributed by atoms with Crippen molar-refractivity contribution < 1.29 is 13.3 Å². The summed E-state index contributed by atoms with van der Waals surface area (Å²) < 4.78 is 27.0. The van der Waals surface area contributed by atoms with E-state index in [1.807, 2.05) is 30.3 Å². The maximum atomic E-state index is 12.9. The van der Waals surface area contributed by atoms with Gasteiger partial charge >= 0.3 is 0 Å². The highest BCUT2D eigenvalue weighted by molar-refractivity contribution is 7.89. The van der Waals surface area contributed by atoms with E-state index >= 15 is 0 Å². The van der Waals surface area contributed by atoms with Gasteiger partial charge in [-0.2, -0.15) is 4.31 Å². The van der Waals surface area contributed by atoms with Crippen LogP contribution in [0, 0.1) is 10.1 Å². The van der Waals surface area contributed by atoms with Crippen LogP contribution in [0.1, 0.15) is 5.56 Å². The third-order valence-corrected chi connectivity index (χ3v) is 5.79. The van der Waals surface area contributed by atoms with Crippen molar-refractivity contribution in [2.24, 2.45) is 5.73 Å². The normalized spacial score (nSPS) is 11.6. The summed E-state index contributed by atoms with van der Waals surface area (Å²) in [5.41, 5.74) is 5.95. The van der Waals surface area contributed by atoms with Crippen LogP contribution in [0.3, 0.4) is 0 Å². The predicted octanol–water partition coefficient (Wildman–Crippen LogP) is 2.44. The van der Waals surface area contributed by atoms with Gasteiger partial charge in [0, 0.05) is 30.7 Å². The predicted molar refractivity (Wildman–Crippen MR) is 96.1 cm³/mol. The fraction of sp³-hybridized carbons (Fsp3) is 0.250. The molecule has 0 heterocycles. The number of hydrogen-bond acceptors (Lipinski definition) is 5. The van der Waals surface area contributed by atoms with Crippen molar-refractivity contribution in [3.05, 3.63) is 69.2 Å². The van der Waals surface area contributed by atoms with Gasteiger partial charge in [0.15, 0.2) is 4.90 Å². The molecule has 9 heteroatoms. The third kappa shape index (κ3) is 4.76. The van der Waals surface area contributed by atoms with E-state index in [9.17, 15) is 18.5 Å². The first-order chi connectivity index (χ1) is 11.9. The van der Waals surface area contributed by atoms with E-state index in [1.54, 1.807) is 0 Å². The monoisotopic (exact) mass is 383 g/mol. The molecule has 0 fully saturated rings. The van der Waals surface area contributed by atoms with Crippen molar-refractivity contribution in [2.45, 2.75) is 11.3 Å². The molecule has 0 aliphatic rings. The van der Waals surface area contributed by atoms with Gasteiger partial charge in [-0.05, 0) is 24.1 Å². The van der Waals surface area contributed by atoms with E-state index in [1.165, 1.54) is 6.07 Å². The molecule has 0 amide bonds. The van der Waals surface area contributed by atoms with Crippen molar-refractivity contribution in [3.8, 4) is 0 Å². The van der Waals surface area contributed by atoms with Crippen LogP contribution in [0.2, 0.25) is 5.02 Å². The summed E-state index contributed by atoms with van der Waals surface area (Å²) in [5.74, 6) is 0. The smallest absolute Gasteiger partial charge is 0.290 e. The first kappa shape index (κ1) is 19.3. The highest BCUT2D eigenvalue weighted by Crippen LogP contribution is 2.29. The molecule has 7 nitrogen and oxygen atoms in total. The van der Waals surface area contributed by atoms with Gasteiger partial charge in [0.05, 0.1) is 4.92 Å². The Bertz CT molecular complexity index is 844. The minimum absolute atomic E-state index is 0.0644. The Morgan fingerprint density at radius 2 is 1.80 bits per heavy atom. The van der Waals surface area contributed by atoms with Crippen molar-refractivity contribution in [3.63, 3.8) is 0 Å². The number of rotatable bonds is 8. The summed E-state index contributed by atoms with van der Waals surface area (Å²) in [6.45, 7) is 0.341. The van der Waals surface area contributed by atoms with Gasteiger partial charge in [0.2, 0.25) is 10.0 Å². The quantitative estimate of drug-likeness (QED) is 0.556. The summed E-state index contributed by atoms with van der Waals surface area (Å²) in [6, 6.07) is 12.9. The van der Waals surface area contributed by atoms with Crippen LogP contribution in [-0.2, 0) is 16.4 Å². The second-order valence-corrected chi connectivity index (χ2v) is 7.64. The third-order valence-electron chi connectivity index (χ3n) is 3.61. The van der Waals surface area contributed by atoms with Gasteiger partial charge in [-0.3, -0.25) is 10.1 Å². The maximum absolute atomic E-state index is 12.9. The zero-order chi connectivity index (χ0) is 18.4. The first-order valence-corrected chi connectivity index (χ1v) is 9.36. The van der Waals surface area contributed by atoms with Crippen molar-refractivity contribution >= 4 is 27.3 Å². The number of nitrogens with two attached hydrogens (primary N) is 1. The molecule has 0 unspecified atom stereocenters. The van der Waals surface area contributed by atoms with Gasteiger partial charge in [-0.25, -0.2) is 8.42 Å². The fourth-order valence-electron chi connectivity index (χ4n) is 2.39. The molecular weight excluding hydrogens is 366 g/mol. The largest absolute Gasteiger partial charge is 0.329 e. The van der Waals surface area contributed by atoms with Gasteiger partial charge < -0.3 is 5.73 Å². The van der Waals surface area contributed by atoms with Crippen LogP contribution in [0.4, 0.5) is 5.69 Å². The van der Waals surface area contributed by atoms with Crippen LogP contribution in [-0.4, -0.2) is 37.3 Å². The van der Waals surface area contributed by atoms with E-state index < -0.39 is 20.6 Å². The number of nitro benzene ring substituents is 1. The van der Waals surface area contributed by atoms with E-state index in [0.29, 0.717) is 6.42 Å². The standard InChI is InChI=1S/C16H18ClN3O4S/c17-14-6-7-16(15(12-14)20(21)22)25(23,24)19(11-9-18)10-8-13-4-2-1-3-5-13/h1-7,12H,8-11,18H2. The summed E-state index contributed by atoms with van der Waals surface area (Å²) >= 11 is 5.76. The summed E-state index contributed by atoms with van der Waals surface area (Å²) in [4.78, 5) is 10.1. The molecule has 134 valence electrons. The van der Waals surface area contributed by atoms with Gasteiger partial charge in [0.25, 0.3) is 5.69 Å². The molecule has 0 radical (unpaired) electrons. The molecule has 0 aromatic heterocycles. The molecule has 0 saturated heterocycles. The number of hydrogen-bond donors (Lipinski definition) is 1. The Labute approximate surface area is 151 Å². The molecule has 2 aromatic carbocycles. The van der Waals surface area contributed by atoms with E-state index in [4.69, 9.17) is 17.3 Å². The minimum atomic E-state index is -4.07. The molecule has 0 saturated carbocycles. The Morgan fingerprint density at radius 1 is 1.12 bits per heavy atom. The van der Waals surface area contributed by atoms with E-state index in [-0.39, 0.29) is 29.6 Å². The van der Waals surface area contributed by atoms with Crippen LogP contribution < -0.4 is 5.73 Å². The molecule has 0 aliphatic heterocycles. The SMILES string of the molecule is NCCN(CCc1ccccc1)S(=O)(=O)c1ccc(Cl)cc1[N+](=O)[O-]. The Morgan fingerprint density at radius 3 is 2.40 bits per heavy atom. The van der Waals surface area contributed by atoms with Gasteiger partial charge in [0.1, 0.15) is 0 Å². The zero-order valence-electron chi connectivity index (χ0n) is 13.3. The summed E-state index contributed by atoms with van der Waals surface area (Å²) in [6.07, 6.45) is 0.474. The topological polar surface area (TPSA) is 107 Å².